The molecule has 3 aromatic heterocycles. The summed E-state index contributed by atoms with van der Waals surface area (Å²) in [5.74, 6) is 0.0153. The Morgan fingerprint density at radius 3 is 2.33 bits per heavy atom. The van der Waals surface area contributed by atoms with Gasteiger partial charge in [0.15, 0.2) is 11.3 Å². The summed E-state index contributed by atoms with van der Waals surface area (Å²) in [6.45, 7) is 4.77. The van der Waals surface area contributed by atoms with Crippen LogP contribution < -0.4 is 5.32 Å². The number of amides is 1. The Hall–Kier alpha value is -4.88. The first kappa shape index (κ1) is 26.0. The third-order valence-electron chi connectivity index (χ3n) is 8.06. The molecule has 3 aromatic carbocycles. The van der Waals surface area contributed by atoms with Gasteiger partial charge in [0, 0.05) is 60.0 Å². The predicted octanol–water partition coefficient (Wildman–Crippen LogP) is 6.31. The molecule has 0 bridgehead atoms. The van der Waals surface area contributed by atoms with Gasteiger partial charge in [-0.15, -0.1) is 0 Å². The van der Waals surface area contributed by atoms with Crippen molar-refractivity contribution in [2.45, 2.75) is 32.4 Å². The molecule has 1 aliphatic rings. The molecule has 4 heterocycles. The SMILES string of the molecule is Cc1cc2ncc3cc(-c4ccccc4)c(-c4ccc(CN5CCC(NC(=O)c6ccccc6)CC5)cc4)nc3n2n1. The van der Waals surface area contributed by atoms with Crippen molar-refractivity contribution in [2.75, 3.05) is 13.1 Å². The summed E-state index contributed by atoms with van der Waals surface area (Å²) in [6.07, 6.45) is 3.79. The molecule has 7 heteroatoms. The Balaban J connectivity index is 1.10. The fourth-order valence-electron chi connectivity index (χ4n) is 5.83. The van der Waals surface area contributed by atoms with E-state index in [9.17, 15) is 4.79 Å². The summed E-state index contributed by atoms with van der Waals surface area (Å²) in [6, 6.07) is 33.0. The van der Waals surface area contributed by atoms with Crippen molar-refractivity contribution in [1.29, 1.82) is 0 Å². The molecule has 208 valence electrons. The molecule has 42 heavy (non-hydrogen) atoms. The summed E-state index contributed by atoms with van der Waals surface area (Å²) in [5, 5.41) is 8.82. The van der Waals surface area contributed by atoms with E-state index in [1.54, 1.807) is 0 Å². The number of carbonyl (C=O) groups is 1. The van der Waals surface area contributed by atoms with E-state index in [4.69, 9.17) is 4.98 Å². The van der Waals surface area contributed by atoms with Crippen LogP contribution in [0.4, 0.5) is 0 Å². The molecule has 0 aliphatic carbocycles. The van der Waals surface area contributed by atoms with Gasteiger partial charge in [0.05, 0.1) is 11.4 Å². The largest absolute Gasteiger partial charge is 0.349 e. The van der Waals surface area contributed by atoms with E-state index in [2.05, 4.69) is 74.9 Å². The molecule has 6 aromatic rings. The highest BCUT2D eigenvalue weighted by Crippen LogP contribution is 2.33. The van der Waals surface area contributed by atoms with Crippen LogP contribution in [0, 0.1) is 6.92 Å². The molecule has 7 nitrogen and oxygen atoms in total. The zero-order valence-corrected chi connectivity index (χ0v) is 23.6. The number of benzene rings is 3. The van der Waals surface area contributed by atoms with Gasteiger partial charge >= 0.3 is 0 Å². The topological polar surface area (TPSA) is 75.4 Å². The maximum Gasteiger partial charge on any atom is 0.251 e. The molecule has 1 N–H and O–H groups in total. The van der Waals surface area contributed by atoms with Crippen molar-refractivity contribution in [2.24, 2.45) is 0 Å². The Labute approximate surface area is 244 Å². The van der Waals surface area contributed by atoms with Crippen LogP contribution in [0.15, 0.2) is 103 Å². The van der Waals surface area contributed by atoms with Gasteiger partial charge in [-0.3, -0.25) is 9.69 Å². The zero-order valence-electron chi connectivity index (χ0n) is 23.6. The molecular formula is C35H32N6O. The van der Waals surface area contributed by atoms with E-state index >= 15 is 0 Å². The Kier molecular flexibility index (Phi) is 6.93. The second-order valence-corrected chi connectivity index (χ2v) is 11.1. The van der Waals surface area contributed by atoms with Crippen LogP contribution in [-0.2, 0) is 6.54 Å². The number of fused-ring (bicyclic) bond motifs is 3. The van der Waals surface area contributed by atoms with Gasteiger partial charge in [-0.05, 0) is 49.1 Å². The summed E-state index contributed by atoms with van der Waals surface area (Å²) < 4.78 is 1.84. The van der Waals surface area contributed by atoms with Gasteiger partial charge in [0.25, 0.3) is 5.91 Å². The van der Waals surface area contributed by atoms with Crippen LogP contribution in [0.5, 0.6) is 0 Å². The summed E-state index contributed by atoms with van der Waals surface area (Å²) in [4.78, 5) is 24.8. The maximum atomic E-state index is 12.5. The minimum absolute atomic E-state index is 0.0153. The van der Waals surface area contributed by atoms with Crippen molar-refractivity contribution in [3.05, 3.63) is 120 Å². The monoisotopic (exact) mass is 552 g/mol. The molecular weight excluding hydrogens is 520 g/mol. The Morgan fingerprint density at radius 2 is 1.60 bits per heavy atom. The number of likely N-dealkylation sites (tertiary alicyclic amines) is 1. The minimum atomic E-state index is 0.0153. The van der Waals surface area contributed by atoms with Crippen molar-refractivity contribution in [3.63, 3.8) is 0 Å². The number of aromatic nitrogens is 4. The molecule has 1 fully saturated rings. The number of pyridine rings is 1. The molecule has 0 atom stereocenters. The molecule has 0 saturated carbocycles. The van der Waals surface area contributed by atoms with Gasteiger partial charge in [0.1, 0.15) is 0 Å². The van der Waals surface area contributed by atoms with Crippen LogP contribution in [0.3, 0.4) is 0 Å². The van der Waals surface area contributed by atoms with Gasteiger partial charge in [0.2, 0.25) is 0 Å². The lowest BCUT2D eigenvalue weighted by Gasteiger charge is -2.32. The normalized spacial score (nSPS) is 14.4. The van der Waals surface area contributed by atoms with E-state index < -0.39 is 0 Å². The second kappa shape index (κ2) is 11.2. The lowest BCUT2D eigenvalue weighted by molar-refractivity contribution is 0.0909. The lowest BCUT2D eigenvalue weighted by atomic mass is 9.97. The number of carbonyl (C=O) groups excluding carboxylic acids is 1. The molecule has 0 unspecified atom stereocenters. The van der Waals surface area contributed by atoms with Crippen molar-refractivity contribution < 1.29 is 4.79 Å². The van der Waals surface area contributed by atoms with Crippen molar-refractivity contribution >= 4 is 22.6 Å². The number of nitrogens with zero attached hydrogens (tertiary/aromatic N) is 5. The highest BCUT2D eigenvalue weighted by Gasteiger charge is 2.21. The van der Waals surface area contributed by atoms with Crippen molar-refractivity contribution in [1.82, 2.24) is 29.8 Å². The Morgan fingerprint density at radius 1 is 0.881 bits per heavy atom. The van der Waals surface area contributed by atoms with E-state index in [0.29, 0.717) is 0 Å². The van der Waals surface area contributed by atoms with Crippen LogP contribution in [-0.4, -0.2) is 49.5 Å². The first-order valence-electron chi connectivity index (χ1n) is 14.5. The predicted molar refractivity (Wildman–Crippen MR) is 166 cm³/mol. The standard InChI is InChI=1S/C35H32N6O/c1-24-20-32-36-22-29-21-31(26-8-4-2-5-9-26)33(38-34(29)41(32)39-24)27-14-12-25(13-15-27)23-40-18-16-30(17-19-40)37-35(42)28-10-6-3-7-11-28/h2-15,20-22,30H,16-19,23H2,1H3,(H,37,42). The van der Waals surface area contributed by atoms with Crippen molar-refractivity contribution in [3.8, 4) is 22.4 Å². The minimum Gasteiger partial charge on any atom is -0.349 e. The smallest absolute Gasteiger partial charge is 0.251 e. The summed E-state index contributed by atoms with van der Waals surface area (Å²) >= 11 is 0. The zero-order chi connectivity index (χ0) is 28.5. The fourth-order valence-corrected chi connectivity index (χ4v) is 5.83. The van der Waals surface area contributed by atoms with Crippen LogP contribution in [0.1, 0.15) is 34.5 Å². The fraction of sp³-hybridized carbons (Fsp3) is 0.200. The number of piperidine rings is 1. The Bertz CT molecular complexity index is 1860. The van der Waals surface area contributed by atoms with Crippen LogP contribution in [0.2, 0.25) is 0 Å². The van der Waals surface area contributed by atoms with Gasteiger partial charge in [-0.1, -0.05) is 72.8 Å². The number of aryl methyl sites for hydroxylation is 1. The average molecular weight is 553 g/mol. The molecule has 1 amide bonds. The summed E-state index contributed by atoms with van der Waals surface area (Å²) in [5.41, 5.74) is 8.67. The summed E-state index contributed by atoms with van der Waals surface area (Å²) in [7, 11) is 0. The highest BCUT2D eigenvalue weighted by atomic mass is 16.1. The maximum absolute atomic E-state index is 12.5. The lowest BCUT2D eigenvalue weighted by Crippen LogP contribution is -2.44. The number of rotatable bonds is 6. The van der Waals surface area contributed by atoms with E-state index in [1.165, 1.54) is 5.56 Å². The number of hydrogen-bond donors (Lipinski definition) is 1. The molecule has 0 radical (unpaired) electrons. The first-order chi connectivity index (χ1) is 20.6. The molecule has 7 rings (SSSR count). The van der Waals surface area contributed by atoms with Gasteiger partial charge < -0.3 is 5.32 Å². The number of nitrogens with one attached hydrogen (secondary N) is 1. The second-order valence-electron chi connectivity index (χ2n) is 11.1. The molecule has 0 spiro atoms. The third kappa shape index (κ3) is 5.27. The third-order valence-corrected chi connectivity index (χ3v) is 8.06. The molecule has 1 aliphatic heterocycles. The highest BCUT2D eigenvalue weighted by molar-refractivity contribution is 5.94. The van der Waals surface area contributed by atoms with E-state index in [0.717, 1.165) is 82.8 Å². The van der Waals surface area contributed by atoms with Gasteiger partial charge in [-0.25, -0.2) is 9.97 Å². The average Bonchev–Trinajstić information content (AvgIpc) is 3.43. The van der Waals surface area contributed by atoms with Gasteiger partial charge in [-0.2, -0.15) is 9.61 Å². The van der Waals surface area contributed by atoms with E-state index in [1.807, 2.05) is 60.1 Å². The first-order valence-corrected chi connectivity index (χ1v) is 14.5. The van der Waals surface area contributed by atoms with E-state index in [-0.39, 0.29) is 11.9 Å². The van der Waals surface area contributed by atoms with Crippen LogP contribution >= 0.6 is 0 Å². The quantitative estimate of drug-likeness (QED) is 0.262. The molecule has 1 saturated heterocycles. The van der Waals surface area contributed by atoms with Crippen LogP contribution in [0.25, 0.3) is 39.1 Å². The number of hydrogen-bond acceptors (Lipinski definition) is 5.